The van der Waals surface area contributed by atoms with Crippen LogP contribution in [0.1, 0.15) is 40.0 Å². The lowest BCUT2D eigenvalue weighted by Gasteiger charge is -2.27. The second kappa shape index (κ2) is 7.48. The molecular weight excluding hydrogens is 246 g/mol. The van der Waals surface area contributed by atoms with Gasteiger partial charge in [-0.2, -0.15) is 0 Å². The van der Waals surface area contributed by atoms with Gasteiger partial charge in [-0.3, -0.25) is 9.59 Å². The smallest absolute Gasteiger partial charge is 0.308 e. The van der Waals surface area contributed by atoms with Crippen molar-refractivity contribution in [2.75, 3.05) is 19.7 Å². The van der Waals surface area contributed by atoms with Gasteiger partial charge >= 0.3 is 5.97 Å². The van der Waals surface area contributed by atoms with Crippen molar-refractivity contribution >= 4 is 11.9 Å². The molecule has 1 fully saturated rings. The predicted molar refractivity (Wildman–Crippen MR) is 71.8 cm³/mol. The first-order valence-electron chi connectivity index (χ1n) is 7.02. The Bertz CT molecular complexity index is 311. The van der Waals surface area contributed by atoms with Gasteiger partial charge in [-0.15, -0.1) is 0 Å². The Balaban J connectivity index is 2.60. The van der Waals surface area contributed by atoms with Gasteiger partial charge in [-0.25, -0.2) is 0 Å². The van der Waals surface area contributed by atoms with Crippen LogP contribution in [-0.2, 0) is 14.3 Å². The Hall–Kier alpha value is -1.10. The summed E-state index contributed by atoms with van der Waals surface area (Å²) in [6, 6.07) is 0. The number of hydrogen-bond donors (Lipinski definition) is 1. The van der Waals surface area contributed by atoms with Gasteiger partial charge in [-0.05, 0) is 18.8 Å². The van der Waals surface area contributed by atoms with E-state index in [0.717, 1.165) is 19.4 Å². The average Bonchev–Trinajstić information content (AvgIpc) is 2.79. The molecule has 1 amide bonds. The Morgan fingerprint density at radius 1 is 1.37 bits per heavy atom. The third-order valence-electron chi connectivity index (χ3n) is 3.30. The lowest BCUT2D eigenvalue weighted by molar-refractivity contribution is -0.143. The molecule has 0 spiro atoms. The number of nitrogens with zero attached hydrogens (tertiary/aromatic N) is 1. The summed E-state index contributed by atoms with van der Waals surface area (Å²) in [7, 11) is 0. The molecule has 0 radical (unpaired) electrons. The SMILES string of the molecule is CC(C)CC(=O)N(CC1CCCO1)CC(C)C(=O)O. The summed E-state index contributed by atoms with van der Waals surface area (Å²) in [6.07, 6.45) is 2.49. The highest BCUT2D eigenvalue weighted by Crippen LogP contribution is 2.16. The van der Waals surface area contributed by atoms with Crippen molar-refractivity contribution in [1.82, 2.24) is 4.90 Å². The van der Waals surface area contributed by atoms with E-state index in [4.69, 9.17) is 9.84 Å². The van der Waals surface area contributed by atoms with Crippen molar-refractivity contribution in [3.8, 4) is 0 Å². The maximum Gasteiger partial charge on any atom is 0.308 e. The number of hydrogen-bond acceptors (Lipinski definition) is 3. The van der Waals surface area contributed by atoms with Crippen molar-refractivity contribution in [2.24, 2.45) is 11.8 Å². The fourth-order valence-electron chi connectivity index (χ4n) is 2.20. The van der Waals surface area contributed by atoms with E-state index in [-0.39, 0.29) is 24.5 Å². The zero-order valence-corrected chi connectivity index (χ0v) is 12.1. The average molecular weight is 271 g/mol. The van der Waals surface area contributed by atoms with Crippen LogP contribution in [0.4, 0.5) is 0 Å². The van der Waals surface area contributed by atoms with Gasteiger partial charge in [0.05, 0.1) is 12.0 Å². The Kier molecular flexibility index (Phi) is 6.28. The van der Waals surface area contributed by atoms with Gasteiger partial charge in [0.2, 0.25) is 5.91 Å². The van der Waals surface area contributed by atoms with Crippen LogP contribution in [0.5, 0.6) is 0 Å². The molecule has 0 aromatic carbocycles. The van der Waals surface area contributed by atoms with E-state index in [9.17, 15) is 9.59 Å². The van der Waals surface area contributed by atoms with Crippen LogP contribution in [0.15, 0.2) is 0 Å². The van der Waals surface area contributed by atoms with Crippen molar-refractivity contribution in [3.05, 3.63) is 0 Å². The summed E-state index contributed by atoms with van der Waals surface area (Å²) in [5.41, 5.74) is 0. The minimum atomic E-state index is -0.866. The molecule has 0 bridgehead atoms. The summed E-state index contributed by atoms with van der Waals surface area (Å²) in [6.45, 7) is 7.13. The Morgan fingerprint density at radius 3 is 2.53 bits per heavy atom. The molecule has 0 aromatic rings. The zero-order chi connectivity index (χ0) is 14.4. The molecule has 110 valence electrons. The summed E-state index contributed by atoms with van der Waals surface area (Å²) >= 11 is 0. The van der Waals surface area contributed by atoms with Gasteiger partial charge in [0.1, 0.15) is 0 Å². The molecule has 0 aromatic heterocycles. The molecule has 5 nitrogen and oxygen atoms in total. The van der Waals surface area contributed by atoms with E-state index in [1.54, 1.807) is 11.8 Å². The second-order valence-corrected chi connectivity index (χ2v) is 5.77. The highest BCUT2D eigenvalue weighted by Gasteiger charge is 2.25. The highest BCUT2D eigenvalue weighted by molar-refractivity contribution is 5.77. The predicted octanol–water partition coefficient (Wildman–Crippen LogP) is 1.76. The van der Waals surface area contributed by atoms with Crippen LogP contribution in [0, 0.1) is 11.8 Å². The number of carbonyl (C=O) groups excluding carboxylic acids is 1. The third kappa shape index (κ3) is 5.59. The summed E-state index contributed by atoms with van der Waals surface area (Å²) in [5, 5.41) is 8.99. The molecule has 2 unspecified atom stereocenters. The molecule has 1 aliphatic heterocycles. The topological polar surface area (TPSA) is 66.8 Å². The van der Waals surface area contributed by atoms with Crippen LogP contribution in [-0.4, -0.2) is 47.7 Å². The number of ether oxygens (including phenoxy) is 1. The number of rotatable bonds is 7. The zero-order valence-electron chi connectivity index (χ0n) is 12.1. The molecule has 1 rings (SSSR count). The minimum Gasteiger partial charge on any atom is -0.481 e. The maximum atomic E-state index is 12.2. The van der Waals surface area contributed by atoms with Gasteiger partial charge in [0, 0.05) is 26.1 Å². The molecule has 1 heterocycles. The lowest BCUT2D eigenvalue weighted by atomic mass is 10.1. The molecular formula is C14H25NO4. The van der Waals surface area contributed by atoms with Crippen molar-refractivity contribution < 1.29 is 19.4 Å². The molecule has 1 aliphatic rings. The van der Waals surface area contributed by atoms with Gasteiger partial charge in [-0.1, -0.05) is 20.8 Å². The number of carboxylic acid groups (broad SMARTS) is 1. The number of carbonyl (C=O) groups is 2. The van der Waals surface area contributed by atoms with E-state index in [1.165, 1.54) is 0 Å². The van der Waals surface area contributed by atoms with Crippen LogP contribution in [0.2, 0.25) is 0 Å². The molecule has 0 aliphatic carbocycles. The van der Waals surface area contributed by atoms with Crippen molar-refractivity contribution in [1.29, 1.82) is 0 Å². The van der Waals surface area contributed by atoms with Gasteiger partial charge < -0.3 is 14.7 Å². The monoisotopic (exact) mass is 271 g/mol. The van der Waals surface area contributed by atoms with Crippen LogP contribution in [0.3, 0.4) is 0 Å². The Morgan fingerprint density at radius 2 is 2.05 bits per heavy atom. The maximum absolute atomic E-state index is 12.2. The minimum absolute atomic E-state index is 0.0265. The quantitative estimate of drug-likeness (QED) is 0.766. The van der Waals surface area contributed by atoms with Crippen LogP contribution >= 0.6 is 0 Å². The number of aliphatic carboxylic acids is 1. The number of amides is 1. The molecule has 1 N–H and O–H groups in total. The molecule has 1 saturated heterocycles. The molecule has 5 heteroatoms. The fraction of sp³-hybridized carbons (Fsp3) is 0.857. The van der Waals surface area contributed by atoms with Crippen molar-refractivity contribution in [2.45, 2.75) is 46.1 Å². The van der Waals surface area contributed by atoms with E-state index >= 15 is 0 Å². The summed E-state index contributed by atoms with van der Waals surface area (Å²) in [4.78, 5) is 24.8. The lowest BCUT2D eigenvalue weighted by Crippen LogP contribution is -2.41. The first-order valence-corrected chi connectivity index (χ1v) is 7.02. The summed E-state index contributed by atoms with van der Waals surface area (Å²) < 4.78 is 5.54. The standard InChI is InChI=1S/C14H25NO4/c1-10(2)7-13(16)15(8-11(3)14(17)18)9-12-5-4-6-19-12/h10-12H,4-9H2,1-3H3,(H,17,18). The molecule has 19 heavy (non-hydrogen) atoms. The first kappa shape index (κ1) is 16.0. The van der Waals surface area contributed by atoms with Crippen LogP contribution < -0.4 is 0 Å². The fourth-order valence-corrected chi connectivity index (χ4v) is 2.20. The van der Waals surface area contributed by atoms with Crippen LogP contribution in [0.25, 0.3) is 0 Å². The second-order valence-electron chi connectivity index (χ2n) is 5.77. The largest absolute Gasteiger partial charge is 0.481 e. The van der Waals surface area contributed by atoms with E-state index < -0.39 is 11.9 Å². The first-order chi connectivity index (χ1) is 8.90. The van der Waals surface area contributed by atoms with Gasteiger partial charge in [0.15, 0.2) is 0 Å². The third-order valence-corrected chi connectivity index (χ3v) is 3.30. The molecule has 2 atom stereocenters. The van der Waals surface area contributed by atoms with Gasteiger partial charge in [0.25, 0.3) is 0 Å². The van der Waals surface area contributed by atoms with E-state index in [0.29, 0.717) is 13.0 Å². The normalized spacial score (nSPS) is 20.5. The van der Waals surface area contributed by atoms with Crippen molar-refractivity contribution in [3.63, 3.8) is 0 Å². The summed E-state index contributed by atoms with van der Waals surface area (Å²) in [5.74, 6) is -1.11. The van der Waals surface area contributed by atoms with E-state index in [2.05, 4.69) is 0 Å². The Labute approximate surface area is 114 Å². The molecule has 0 saturated carbocycles. The number of carboxylic acids is 1. The van der Waals surface area contributed by atoms with E-state index in [1.807, 2.05) is 13.8 Å². The highest BCUT2D eigenvalue weighted by atomic mass is 16.5.